The number of hydrogen-bond donors (Lipinski definition) is 1. The van der Waals surface area contributed by atoms with E-state index in [1.165, 1.54) is 0 Å². The Morgan fingerprint density at radius 2 is 1.71 bits per heavy atom. The lowest BCUT2D eigenvalue weighted by molar-refractivity contribution is 0.0365. The predicted octanol–water partition coefficient (Wildman–Crippen LogP) is 6.54. The highest BCUT2D eigenvalue weighted by atomic mass is 35.5. The average molecular weight is 514 g/mol. The molecule has 3 aromatic rings. The van der Waals surface area contributed by atoms with Gasteiger partial charge in [0.15, 0.2) is 0 Å². The summed E-state index contributed by atoms with van der Waals surface area (Å²) in [6, 6.07) is 22.3. The minimum Gasteiger partial charge on any atom is -0.457 e. The maximum absolute atomic E-state index is 13.2. The standard InChI is InChI=1S/C27H29Cl2N3O3/c28-25-11-10-22(19-26(25)29)30-27(33)32(13-5-12-31-14-16-34-17-15-31)20-21-6-4-9-24(18-21)35-23-7-2-1-3-8-23/h1-4,6-11,18-19H,5,12-17,20H2,(H,30,33). The van der Waals surface area contributed by atoms with Gasteiger partial charge < -0.3 is 19.7 Å². The summed E-state index contributed by atoms with van der Waals surface area (Å²) >= 11 is 12.2. The Morgan fingerprint density at radius 3 is 2.49 bits per heavy atom. The van der Waals surface area contributed by atoms with Crippen LogP contribution in [0.15, 0.2) is 72.8 Å². The lowest BCUT2D eigenvalue weighted by Crippen LogP contribution is -2.40. The number of carbonyl (C=O) groups excluding carboxylic acids is 1. The predicted molar refractivity (Wildman–Crippen MR) is 141 cm³/mol. The van der Waals surface area contributed by atoms with Crippen molar-refractivity contribution in [2.45, 2.75) is 13.0 Å². The number of rotatable bonds is 9. The number of urea groups is 1. The number of nitrogens with zero attached hydrogens (tertiary/aromatic N) is 2. The number of carbonyl (C=O) groups is 1. The number of nitrogens with one attached hydrogen (secondary N) is 1. The number of benzene rings is 3. The SMILES string of the molecule is O=C(Nc1ccc(Cl)c(Cl)c1)N(CCCN1CCOCC1)Cc1cccc(Oc2ccccc2)c1. The van der Waals surface area contributed by atoms with Crippen molar-refractivity contribution in [1.82, 2.24) is 9.80 Å². The molecule has 3 aromatic carbocycles. The maximum Gasteiger partial charge on any atom is 0.322 e. The quantitative estimate of drug-likeness (QED) is 0.352. The van der Waals surface area contributed by atoms with Crippen molar-refractivity contribution >= 4 is 34.9 Å². The van der Waals surface area contributed by atoms with Crippen LogP contribution in [0.2, 0.25) is 10.0 Å². The van der Waals surface area contributed by atoms with Gasteiger partial charge in [0.2, 0.25) is 0 Å². The van der Waals surface area contributed by atoms with Gasteiger partial charge in [0.1, 0.15) is 11.5 Å². The summed E-state index contributed by atoms with van der Waals surface area (Å²) in [5.74, 6) is 1.50. The summed E-state index contributed by atoms with van der Waals surface area (Å²) < 4.78 is 11.4. The molecule has 35 heavy (non-hydrogen) atoms. The fourth-order valence-electron chi connectivity index (χ4n) is 3.89. The summed E-state index contributed by atoms with van der Waals surface area (Å²) in [6.45, 7) is 5.34. The number of halogens is 2. The molecule has 8 heteroatoms. The van der Waals surface area contributed by atoms with E-state index in [1.807, 2.05) is 59.5 Å². The molecule has 0 aliphatic carbocycles. The molecule has 0 radical (unpaired) electrons. The highest BCUT2D eigenvalue weighted by molar-refractivity contribution is 6.42. The van der Waals surface area contributed by atoms with Gasteiger partial charge in [0, 0.05) is 38.4 Å². The van der Waals surface area contributed by atoms with Gasteiger partial charge in [-0.25, -0.2) is 4.79 Å². The molecule has 0 bridgehead atoms. The third-order valence-electron chi connectivity index (χ3n) is 5.71. The van der Waals surface area contributed by atoms with Crippen LogP contribution in [-0.4, -0.2) is 55.2 Å². The van der Waals surface area contributed by atoms with E-state index < -0.39 is 0 Å². The Hall–Kier alpha value is -2.77. The first-order valence-electron chi connectivity index (χ1n) is 11.7. The normalized spacial score (nSPS) is 13.9. The van der Waals surface area contributed by atoms with Crippen LogP contribution in [0.25, 0.3) is 0 Å². The van der Waals surface area contributed by atoms with E-state index in [0.29, 0.717) is 28.8 Å². The Labute approximate surface area is 216 Å². The second-order valence-corrected chi connectivity index (χ2v) is 9.17. The number of morpholine rings is 1. The van der Waals surface area contributed by atoms with Crippen LogP contribution in [0, 0.1) is 0 Å². The Morgan fingerprint density at radius 1 is 0.943 bits per heavy atom. The molecule has 0 spiro atoms. The molecule has 6 nitrogen and oxygen atoms in total. The van der Waals surface area contributed by atoms with E-state index in [2.05, 4.69) is 10.2 Å². The zero-order valence-corrected chi connectivity index (χ0v) is 21.0. The Balaban J connectivity index is 1.44. The van der Waals surface area contributed by atoms with Gasteiger partial charge in [0.05, 0.1) is 23.3 Å². The summed E-state index contributed by atoms with van der Waals surface area (Å²) in [5, 5.41) is 3.80. The summed E-state index contributed by atoms with van der Waals surface area (Å²) in [7, 11) is 0. The van der Waals surface area contributed by atoms with Crippen molar-refractivity contribution < 1.29 is 14.3 Å². The van der Waals surface area contributed by atoms with Gasteiger partial charge in [0.25, 0.3) is 0 Å². The molecule has 1 heterocycles. The first-order valence-corrected chi connectivity index (χ1v) is 12.5. The third kappa shape index (κ3) is 7.87. The molecule has 2 amide bonds. The van der Waals surface area contributed by atoms with Crippen molar-refractivity contribution in [1.29, 1.82) is 0 Å². The molecule has 0 atom stereocenters. The number of para-hydroxylation sites is 1. The summed E-state index contributed by atoms with van der Waals surface area (Å²) in [6.07, 6.45) is 0.856. The second-order valence-electron chi connectivity index (χ2n) is 8.35. The van der Waals surface area contributed by atoms with Crippen LogP contribution in [-0.2, 0) is 11.3 Å². The third-order valence-corrected chi connectivity index (χ3v) is 6.45. The molecular formula is C27H29Cl2N3O3. The van der Waals surface area contributed by atoms with Gasteiger partial charge in [-0.3, -0.25) is 4.90 Å². The summed E-state index contributed by atoms with van der Waals surface area (Å²) in [5.41, 5.74) is 1.58. The number of ether oxygens (including phenoxy) is 2. The van der Waals surface area contributed by atoms with Crippen LogP contribution in [0.3, 0.4) is 0 Å². The fraction of sp³-hybridized carbons (Fsp3) is 0.296. The zero-order valence-electron chi connectivity index (χ0n) is 19.5. The largest absolute Gasteiger partial charge is 0.457 e. The van der Waals surface area contributed by atoms with Gasteiger partial charge >= 0.3 is 6.03 Å². The zero-order chi connectivity index (χ0) is 24.5. The molecule has 1 aliphatic rings. The topological polar surface area (TPSA) is 54.0 Å². The van der Waals surface area contributed by atoms with Crippen molar-refractivity contribution in [3.05, 3.63) is 88.4 Å². The lowest BCUT2D eigenvalue weighted by atomic mass is 10.2. The van der Waals surface area contributed by atoms with Crippen molar-refractivity contribution in [2.75, 3.05) is 44.7 Å². The fourth-order valence-corrected chi connectivity index (χ4v) is 4.19. The van der Waals surface area contributed by atoms with Crippen LogP contribution in [0.5, 0.6) is 11.5 Å². The number of hydrogen-bond acceptors (Lipinski definition) is 4. The molecule has 1 fully saturated rings. The first-order chi connectivity index (χ1) is 17.1. The Kier molecular flexibility index (Phi) is 9.26. The van der Waals surface area contributed by atoms with Crippen molar-refractivity contribution in [3.63, 3.8) is 0 Å². The van der Waals surface area contributed by atoms with Crippen molar-refractivity contribution in [3.8, 4) is 11.5 Å². The van der Waals surface area contributed by atoms with Crippen LogP contribution < -0.4 is 10.1 Å². The number of amides is 2. The smallest absolute Gasteiger partial charge is 0.322 e. The van der Waals surface area contributed by atoms with E-state index in [9.17, 15) is 4.79 Å². The van der Waals surface area contributed by atoms with E-state index in [4.69, 9.17) is 32.7 Å². The molecule has 0 aromatic heterocycles. The van der Waals surface area contributed by atoms with E-state index in [-0.39, 0.29) is 6.03 Å². The highest BCUT2D eigenvalue weighted by Crippen LogP contribution is 2.26. The molecule has 4 rings (SSSR count). The minimum absolute atomic E-state index is 0.195. The maximum atomic E-state index is 13.2. The van der Waals surface area contributed by atoms with Gasteiger partial charge in [-0.05, 0) is 54.4 Å². The second kappa shape index (κ2) is 12.8. The first kappa shape index (κ1) is 25.3. The van der Waals surface area contributed by atoms with E-state index in [0.717, 1.165) is 56.3 Å². The molecule has 1 N–H and O–H groups in total. The van der Waals surface area contributed by atoms with Crippen LogP contribution in [0.1, 0.15) is 12.0 Å². The van der Waals surface area contributed by atoms with Crippen molar-refractivity contribution in [2.24, 2.45) is 0 Å². The van der Waals surface area contributed by atoms with Crippen LogP contribution in [0.4, 0.5) is 10.5 Å². The Bertz CT molecular complexity index is 1110. The molecule has 0 saturated carbocycles. The monoisotopic (exact) mass is 513 g/mol. The van der Waals surface area contributed by atoms with E-state index in [1.54, 1.807) is 18.2 Å². The molecule has 1 aliphatic heterocycles. The minimum atomic E-state index is -0.195. The molecule has 1 saturated heterocycles. The van der Waals surface area contributed by atoms with Gasteiger partial charge in [-0.15, -0.1) is 0 Å². The van der Waals surface area contributed by atoms with Gasteiger partial charge in [-0.1, -0.05) is 53.5 Å². The van der Waals surface area contributed by atoms with Gasteiger partial charge in [-0.2, -0.15) is 0 Å². The molecular weight excluding hydrogens is 485 g/mol. The highest BCUT2D eigenvalue weighted by Gasteiger charge is 2.17. The molecule has 0 unspecified atom stereocenters. The average Bonchev–Trinajstić information content (AvgIpc) is 2.87. The van der Waals surface area contributed by atoms with E-state index >= 15 is 0 Å². The summed E-state index contributed by atoms with van der Waals surface area (Å²) in [4.78, 5) is 17.4. The lowest BCUT2D eigenvalue weighted by Gasteiger charge is -2.28. The molecule has 184 valence electrons. The number of anilines is 1. The van der Waals surface area contributed by atoms with Crippen LogP contribution >= 0.6 is 23.2 Å².